The van der Waals surface area contributed by atoms with Gasteiger partial charge in [-0.3, -0.25) is 9.59 Å². The molecule has 0 atom stereocenters. The van der Waals surface area contributed by atoms with Crippen LogP contribution >= 0.6 is 0 Å². The number of hydrogen-bond acceptors (Lipinski definition) is 5. The summed E-state index contributed by atoms with van der Waals surface area (Å²) in [5.41, 5.74) is 1.43. The number of carbonyl (C=O) groups is 2. The Morgan fingerprint density at radius 2 is 1.73 bits per heavy atom. The standard InChI is InChI=1S/C23H25N3O4/c1-23(2,3)22(28)25-17-9-11-18(12-10-17)29-15-19-13-20(26-30-19)21(27)24-14-16-7-5-4-6-8-16/h4-13H,14-15H2,1-3H3,(H,24,27)(H,25,28). The average Bonchev–Trinajstić information content (AvgIpc) is 3.21. The second-order valence-electron chi connectivity index (χ2n) is 7.86. The molecule has 0 spiro atoms. The first-order valence-electron chi connectivity index (χ1n) is 9.63. The van der Waals surface area contributed by atoms with E-state index in [0.29, 0.717) is 23.7 Å². The number of hydrogen-bond donors (Lipinski definition) is 2. The van der Waals surface area contributed by atoms with Crippen LogP contribution in [-0.2, 0) is 17.9 Å². The van der Waals surface area contributed by atoms with E-state index in [0.717, 1.165) is 5.56 Å². The second kappa shape index (κ2) is 9.26. The van der Waals surface area contributed by atoms with Gasteiger partial charge in [-0.1, -0.05) is 56.3 Å². The van der Waals surface area contributed by atoms with Crippen LogP contribution in [0.2, 0.25) is 0 Å². The van der Waals surface area contributed by atoms with Gasteiger partial charge in [0, 0.05) is 23.7 Å². The number of benzene rings is 2. The number of rotatable bonds is 7. The summed E-state index contributed by atoms with van der Waals surface area (Å²) in [7, 11) is 0. The molecule has 0 saturated carbocycles. The van der Waals surface area contributed by atoms with E-state index < -0.39 is 5.41 Å². The average molecular weight is 407 g/mol. The molecule has 1 aromatic heterocycles. The van der Waals surface area contributed by atoms with Crippen LogP contribution in [0.1, 0.15) is 42.6 Å². The fraction of sp³-hybridized carbons (Fsp3) is 0.261. The Morgan fingerprint density at radius 3 is 2.40 bits per heavy atom. The van der Waals surface area contributed by atoms with Gasteiger partial charge in [0.1, 0.15) is 12.4 Å². The summed E-state index contributed by atoms with van der Waals surface area (Å²) in [4.78, 5) is 24.2. The van der Waals surface area contributed by atoms with E-state index in [4.69, 9.17) is 9.26 Å². The third-order valence-corrected chi connectivity index (χ3v) is 4.26. The van der Waals surface area contributed by atoms with Crippen molar-refractivity contribution in [1.29, 1.82) is 0 Å². The topological polar surface area (TPSA) is 93.5 Å². The number of nitrogens with zero attached hydrogens (tertiary/aromatic N) is 1. The van der Waals surface area contributed by atoms with Gasteiger partial charge in [-0.2, -0.15) is 0 Å². The number of ether oxygens (including phenoxy) is 1. The van der Waals surface area contributed by atoms with Crippen LogP contribution in [0.4, 0.5) is 5.69 Å². The van der Waals surface area contributed by atoms with Crippen LogP contribution < -0.4 is 15.4 Å². The minimum absolute atomic E-state index is 0.0594. The van der Waals surface area contributed by atoms with Gasteiger partial charge in [0.05, 0.1) is 0 Å². The van der Waals surface area contributed by atoms with E-state index in [-0.39, 0.29) is 24.1 Å². The molecule has 0 bridgehead atoms. The van der Waals surface area contributed by atoms with Crippen molar-refractivity contribution in [2.45, 2.75) is 33.9 Å². The lowest BCUT2D eigenvalue weighted by atomic mass is 9.95. The van der Waals surface area contributed by atoms with E-state index >= 15 is 0 Å². The lowest BCUT2D eigenvalue weighted by molar-refractivity contribution is -0.123. The van der Waals surface area contributed by atoms with Gasteiger partial charge in [-0.05, 0) is 29.8 Å². The molecule has 30 heavy (non-hydrogen) atoms. The van der Waals surface area contributed by atoms with Crippen molar-refractivity contribution >= 4 is 17.5 Å². The molecule has 2 N–H and O–H groups in total. The van der Waals surface area contributed by atoms with E-state index in [1.807, 2.05) is 51.1 Å². The minimum Gasteiger partial charge on any atom is -0.486 e. The largest absolute Gasteiger partial charge is 0.486 e. The highest BCUT2D eigenvalue weighted by Gasteiger charge is 2.21. The maximum atomic E-state index is 12.2. The van der Waals surface area contributed by atoms with Crippen LogP contribution in [0.15, 0.2) is 65.2 Å². The number of amides is 2. The molecule has 3 aromatic rings. The Labute approximate surface area is 175 Å². The molecule has 0 saturated heterocycles. The lowest BCUT2D eigenvalue weighted by Crippen LogP contribution is -2.27. The van der Waals surface area contributed by atoms with Crippen molar-refractivity contribution in [2.24, 2.45) is 5.41 Å². The molecular weight excluding hydrogens is 382 g/mol. The summed E-state index contributed by atoms with van der Waals surface area (Å²) < 4.78 is 10.8. The van der Waals surface area contributed by atoms with Crippen molar-refractivity contribution < 1.29 is 18.8 Å². The fourth-order valence-electron chi connectivity index (χ4n) is 2.46. The smallest absolute Gasteiger partial charge is 0.273 e. The van der Waals surface area contributed by atoms with Crippen LogP contribution in [0, 0.1) is 5.41 Å². The lowest BCUT2D eigenvalue weighted by Gasteiger charge is -2.17. The number of nitrogens with one attached hydrogen (secondary N) is 2. The molecule has 0 aliphatic carbocycles. The molecule has 2 aromatic carbocycles. The first kappa shape index (κ1) is 21.1. The van der Waals surface area contributed by atoms with E-state index in [9.17, 15) is 9.59 Å². The molecule has 0 radical (unpaired) electrons. The van der Waals surface area contributed by atoms with Gasteiger partial charge >= 0.3 is 0 Å². The Hall–Kier alpha value is -3.61. The summed E-state index contributed by atoms with van der Waals surface area (Å²) in [6.07, 6.45) is 0. The Balaban J connectivity index is 1.49. The molecule has 3 rings (SSSR count). The van der Waals surface area contributed by atoms with Crippen molar-refractivity contribution in [3.63, 3.8) is 0 Å². The Bertz CT molecular complexity index is 989. The number of carbonyl (C=O) groups excluding carboxylic acids is 2. The fourth-order valence-corrected chi connectivity index (χ4v) is 2.46. The molecule has 7 heteroatoms. The minimum atomic E-state index is -0.466. The normalized spacial score (nSPS) is 11.0. The first-order chi connectivity index (χ1) is 14.3. The molecular formula is C23H25N3O4. The van der Waals surface area contributed by atoms with Gasteiger partial charge < -0.3 is 19.9 Å². The number of anilines is 1. The summed E-state index contributed by atoms with van der Waals surface area (Å²) in [6, 6.07) is 18.2. The van der Waals surface area contributed by atoms with Gasteiger partial charge in [0.25, 0.3) is 5.91 Å². The highest BCUT2D eigenvalue weighted by atomic mass is 16.5. The van der Waals surface area contributed by atoms with E-state index in [1.54, 1.807) is 30.3 Å². The third-order valence-electron chi connectivity index (χ3n) is 4.26. The zero-order chi connectivity index (χ0) is 21.6. The predicted molar refractivity (Wildman–Crippen MR) is 113 cm³/mol. The maximum absolute atomic E-state index is 12.2. The predicted octanol–water partition coefficient (Wildman–Crippen LogP) is 4.17. The summed E-state index contributed by atoms with van der Waals surface area (Å²) >= 11 is 0. The summed E-state index contributed by atoms with van der Waals surface area (Å²) in [6.45, 7) is 6.11. The molecule has 156 valence electrons. The second-order valence-corrected chi connectivity index (χ2v) is 7.86. The Kier molecular flexibility index (Phi) is 6.51. The van der Waals surface area contributed by atoms with E-state index in [1.165, 1.54) is 0 Å². The van der Waals surface area contributed by atoms with Gasteiger partial charge in [-0.15, -0.1) is 0 Å². The van der Waals surface area contributed by atoms with Gasteiger partial charge in [0.15, 0.2) is 11.5 Å². The summed E-state index contributed by atoms with van der Waals surface area (Å²) in [5.74, 6) is 0.670. The van der Waals surface area contributed by atoms with Crippen LogP contribution in [0.25, 0.3) is 0 Å². The molecule has 0 fully saturated rings. The SMILES string of the molecule is CC(C)(C)C(=O)Nc1ccc(OCc2cc(C(=O)NCc3ccccc3)no2)cc1. The third kappa shape index (κ3) is 5.94. The summed E-state index contributed by atoms with van der Waals surface area (Å²) in [5, 5.41) is 9.45. The monoisotopic (exact) mass is 407 g/mol. The van der Waals surface area contributed by atoms with Crippen molar-refractivity contribution in [3.8, 4) is 5.75 Å². The molecule has 7 nitrogen and oxygen atoms in total. The number of aromatic nitrogens is 1. The highest BCUT2D eigenvalue weighted by Crippen LogP contribution is 2.20. The van der Waals surface area contributed by atoms with Crippen LogP contribution in [0.3, 0.4) is 0 Å². The maximum Gasteiger partial charge on any atom is 0.273 e. The zero-order valence-electron chi connectivity index (χ0n) is 17.3. The molecule has 0 aliphatic rings. The quantitative estimate of drug-likeness (QED) is 0.613. The molecule has 0 aliphatic heterocycles. The Morgan fingerprint density at radius 1 is 1.03 bits per heavy atom. The van der Waals surface area contributed by atoms with Gasteiger partial charge in [0.2, 0.25) is 5.91 Å². The van der Waals surface area contributed by atoms with Crippen LogP contribution in [-0.4, -0.2) is 17.0 Å². The van der Waals surface area contributed by atoms with Gasteiger partial charge in [-0.25, -0.2) is 0 Å². The molecule has 2 amide bonds. The highest BCUT2D eigenvalue weighted by molar-refractivity contribution is 5.94. The van der Waals surface area contributed by atoms with Crippen molar-refractivity contribution in [1.82, 2.24) is 10.5 Å². The van der Waals surface area contributed by atoms with Crippen LogP contribution in [0.5, 0.6) is 5.75 Å². The molecule has 1 heterocycles. The van der Waals surface area contributed by atoms with Crippen molar-refractivity contribution in [3.05, 3.63) is 77.7 Å². The molecule has 0 unspecified atom stereocenters. The first-order valence-corrected chi connectivity index (χ1v) is 9.63. The zero-order valence-corrected chi connectivity index (χ0v) is 17.3. The van der Waals surface area contributed by atoms with Crippen molar-refractivity contribution in [2.75, 3.05) is 5.32 Å². The van der Waals surface area contributed by atoms with E-state index in [2.05, 4.69) is 15.8 Å².